The maximum absolute atomic E-state index is 12.8. The van der Waals surface area contributed by atoms with Gasteiger partial charge in [-0.25, -0.2) is 0 Å². The van der Waals surface area contributed by atoms with Crippen molar-refractivity contribution in [2.75, 3.05) is 84.0 Å². The molecule has 8 heteroatoms. The van der Waals surface area contributed by atoms with Gasteiger partial charge in [0.25, 0.3) is 11.8 Å². The van der Waals surface area contributed by atoms with Crippen LogP contribution in [0.5, 0.6) is 5.75 Å². The monoisotopic (exact) mass is 433 g/mol. The van der Waals surface area contributed by atoms with Crippen molar-refractivity contribution in [1.29, 1.82) is 0 Å². The zero-order valence-electron chi connectivity index (χ0n) is 19.1. The molecule has 1 aromatic rings. The molecule has 2 amide bonds. The van der Waals surface area contributed by atoms with Crippen LogP contribution in [-0.4, -0.2) is 95.8 Å². The summed E-state index contributed by atoms with van der Waals surface area (Å²) < 4.78 is 5.33. The second kappa shape index (κ2) is 11.9. The van der Waals surface area contributed by atoms with Crippen LogP contribution in [0.4, 0.5) is 5.69 Å². The zero-order chi connectivity index (χ0) is 22.1. The number of benzene rings is 1. The fourth-order valence-electron chi connectivity index (χ4n) is 4.33. The summed E-state index contributed by atoms with van der Waals surface area (Å²) in [5, 5.41) is 2.99. The van der Waals surface area contributed by atoms with E-state index < -0.39 is 0 Å². The number of nitrogens with zero attached hydrogens (tertiary/aromatic N) is 2. The fraction of sp³-hybridized carbons (Fsp3) is 0.652. The number of methoxy groups -OCH3 is 1. The Morgan fingerprint density at radius 3 is 2.39 bits per heavy atom. The van der Waals surface area contributed by atoms with E-state index in [9.17, 15) is 9.59 Å². The summed E-state index contributed by atoms with van der Waals surface area (Å²) in [5.41, 5.74) is 1.18. The maximum atomic E-state index is 12.8. The van der Waals surface area contributed by atoms with Crippen LogP contribution in [-0.2, 0) is 9.59 Å². The highest BCUT2D eigenvalue weighted by Gasteiger charge is 2.29. The van der Waals surface area contributed by atoms with Gasteiger partial charge in [0, 0.05) is 18.3 Å². The second-order valence-corrected chi connectivity index (χ2v) is 8.63. The Balaban J connectivity index is 1.35. The predicted octanol–water partition coefficient (Wildman–Crippen LogP) is -1.96. The normalized spacial score (nSPS) is 18.1. The molecule has 3 rings (SSSR count). The first-order valence-corrected chi connectivity index (χ1v) is 11.7. The van der Waals surface area contributed by atoms with Crippen LogP contribution < -0.4 is 24.8 Å². The molecular weight excluding hydrogens is 394 g/mol. The van der Waals surface area contributed by atoms with Crippen LogP contribution in [0.15, 0.2) is 24.3 Å². The molecule has 0 radical (unpaired) electrons. The molecule has 1 aromatic carbocycles. The smallest absolute Gasteiger partial charge is 0.278 e. The van der Waals surface area contributed by atoms with Gasteiger partial charge in [-0.1, -0.05) is 19.4 Å². The minimum Gasteiger partial charge on any atom is -0.497 e. The van der Waals surface area contributed by atoms with Gasteiger partial charge in [-0.2, -0.15) is 0 Å². The van der Waals surface area contributed by atoms with Crippen molar-refractivity contribution in [3.63, 3.8) is 0 Å². The second-order valence-electron chi connectivity index (χ2n) is 8.63. The van der Waals surface area contributed by atoms with Gasteiger partial charge in [-0.3, -0.25) is 9.59 Å². The Bertz CT molecular complexity index is 713. The summed E-state index contributed by atoms with van der Waals surface area (Å²) in [5.74, 6) is 1.25. The van der Waals surface area contributed by atoms with Gasteiger partial charge >= 0.3 is 0 Å². The number of anilines is 1. The fourth-order valence-corrected chi connectivity index (χ4v) is 4.33. The van der Waals surface area contributed by atoms with Gasteiger partial charge in [0.2, 0.25) is 0 Å². The standard InChI is InChI=1S/C23H37N5O3/c1-3-4-8-24-22(29)18-25-11-15-28(16-12-25)23(30)19-26-9-13-27(14-10-26)20-6-5-7-21(17-20)31-2/h5-7,17H,3-4,8-16,18-19H2,1-2H3,(H,24,29)/p+2. The lowest BCUT2D eigenvalue weighted by molar-refractivity contribution is -0.898. The van der Waals surface area contributed by atoms with Crippen LogP contribution in [0.2, 0.25) is 0 Å². The topological polar surface area (TPSA) is 70.8 Å². The number of quaternary nitrogens is 2. The Hall–Kier alpha value is -2.32. The molecule has 2 fully saturated rings. The molecule has 0 aromatic heterocycles. The number of amides is 2. The third kappa shape index (κ3) is 7.11. The first kappa shape index (κ1) is 23.3. The minimum atomic E-state index is 0.126. The first-order valence-electron chi connectivity index (χ1n) is 11.7. The van der Waals surface area contributed by atoms with Crippen molar-refractivity contribution in [3.8, 4) is 5.75 Å². The molecule has 0 bridgehead atoms. The highest BCUT2D eigenvalue weighted by molar-refractivity contribution is 5.77. The minimum absolute atomic E-state index is 0.126. The lowest BCUT2D eigenvalue weighted by Gasteiger charge is -2.35. The molecule has 31 heavy (non-hydrogen) atoms. The number of unbranched alkanes of at least 4 members (excludes halogenated alkanes) is 1. The van der Waals surface area contributed by atoms with E-state index >= 15 is 0 Å². The number of hydrogen-bond acceptors (Lipinski definition) is 4. The van der Waals surface area contributed by atoms with Gasteiger partial charge in [0.15, 0.2) is 13.1 Å². The number of carbonyl (C=O) groups is 2. The third-order valence-corrected chi connectivity index (χ3v) is 6.38. The summed E-state index contributed by atoms with van der Waals surface area (Å²) in [6, 6.07) is 8.17. The SMILES string of the molecule is CCCCNC(=O)C[NH+]1CCN(C(=O)C[NH+]2CCN(c3cccc(OC)c3)CC2)CC1. The molecule has 2 aliphatic heterocycles. The van der Waals surface area contributed by atoms with Crippen LogP contribution in [0.25, 0.3) is 0 Å². The van der Waals surface area contributed by atoms with E-state index in [2.05, 4.69) is 29.3 Å². The number of carbonyl (C=O) groups excluding carboxylic acids is 2. The highest BCUT2D eigenvalue weighted by atomic mass is 16.5. The Kier molecular flexibility index (Phi) is 8.97. The average molecular weight is 434 g/mol. The molecule has 3 N–H and O–H groups in total. The van der Waals surface area contributed by atoms with Gasteiger partial charge in [0.05, 0.1) is 59.5 Å². The molecule has 0 atom stereocenters. The molecule has 2 aliphatic rings. The van der Waals surface area contributed by atoms with E-state index in [0.717, 1.165) is 77.5 Å². The quantitative estimate of drug-likeness (QED) is 0.396. The summed E-state index contributed by atoms with van der Waals surface area (Å²) in [4.78, 5) is 31.8. The Morgan fingerprint density at radius 2 is 1.71 bits per heavy atom. The van der Waals surface area contributed by atoms with Crippen LogP contribution in [0, 0.1) is 0 Å². The van der Waals surface area contributed by atoms with Crippen molar-refractivity contribution < 1.29 is 24.1 Å². The molecule has 8 nitrogen and oxygen atoms in total. The van der Waals surface area contributed by atoms with Gasteiger partial charge in [0.1, 0.15) is 5.75 Å². The van der Waals surface area contributed by atoms with Crippen LogP contribution in [0.1, 0.15) is 19.8 Å². The molecule has 0 saturated carbocycles. The number of ether oxygens (including phenoxy) is 1. The van der Waals surface area contributed by atoms with Crippen LogP contribution >= 0.6 is 0 Å². The molecular formula is C23H39N5O3+2. The summed E-state index contributed by atoms with van der Waals surface area (Å²) in [7, 11) is 1.69. The molecule has 2 saturated heterocycles. The van der Waals surface area contributed by atoms with E-state index in [-0.39, 0.29) is 11.8 Å². The lowest BCUT2D eigenvalue weighted by atomic mass is 10.2. The number of nitrogens with one attached hydrogen (secondary N) is 3. The Morgan fingerprint density at radius 1 is 1.03 bits per heavy atom. The van der Waals surface area contributed by atoms with E-state index in [1.165, 1.54) is 15.5 Å². The summed E-state index contributed by atoms with van der Waals surface area (Å²) in [6.07, 6.45) is 2.12. The van der Waals surface area contributed by atoms with Crippen molar-refractivity contribution in [2.24, 2.45) is 0 Å². The number of hydrogen-bond donors (Lipinski definition) is 3. The maximum Gasteiger partial charge on any atom is 0.278 e. The van der Waals surface area contributed by atoms with Crippen molar-refractivity contribution in [3.05, 3.63) is 24.3 Å². The average Bonchev–Trinajstić information content (AvgIpc) is 2.80. The first-order chi connectivity index (χ1) is 15.1. The van der Waals surface area contributed by atoms with E-state index in [1.54, 1.807) is 7.11 Å². The van der Waals surface area contributed by atoms with E-state index in [1.807, 2.05) is 17.0 Å². The van der Waals surface area contributed by atoms with E-state index in [0.29, 0.717) is 13.1 Å². The number of rotatable bonds is 9. The van der Waals surface area contributed by atoms with Crippen LogP contribution in [0.3, 0.4) is 0 Å². The van der Waals surface area contributed by atoms with Crippen molar-refractivity contribution in [2.45, 2.75) is 19.8 Å². The van der Waals surface area contributed by atoms with E-state index in [4.69, 9.17) is 4.74 Å². The summed E-state index contributed by atoms with van der Waals surface area (Å²) >= 11 is 0. The van der Waals surface area contributed by atoms with Crippen molar-refractivity contribution >= 4 is 17.5 Å². The molecule has 0 unspecified atom stereocenters. The lowest BCUT2D eigenvalue weighted by Crippen LogP contribution is -3.17. The Labute approximate surface area is 186 Å². The molecule has 0 aliphatic carbocycles. The summed E-state index contributed by atoms with van der Waals surface area (Å²) in [6.45, 7) is 11.0. The highest BCUT2D eigenvalue weighted by Crippen LogP contribution is 2.20. The van der Waals surface area contributed by atoms with Gasteiger partial charge in [-0.15, -0.1) is 0 Å². The molecule has 172 valence electrons. The van der Waals surface area contributed by atoms with Gasteiger partial charge in [-0.05, 0) is 18.6 Å². The number of piperazine rings is 2. The molecule has 0 spiro atoms. The largest absolute Gasteiger partial charge is 0.497 e. The predicted molar refractivity (Wildman–Crippen MR) is 121 cm³/mol. The molecule has 2 heterocycles. The third-order valence-electron chi connectivity index (χ3n) is 6.38. The van der Waals surface area contributed by atoms with Crippen molar-refractivity contribution in [1.82, 2.24) is 10.2 Å². The zero-order valence-corrected chi connectivity index (χ0v) is 19.1. The van der Waals surface area contributed by atoms with Gasteiger partial charge < -0.3 is 29.7 Å².